The van der Waals surface area contributed by atoms with Crippen molar-refractivity contribution in [1.82, 2.24) is 9.97 Å². The van der Waals surface area contributed by atoms with Crippen molar-refractivity contribution in [2.75, 3.05) is 5.32 Å². The molecule has 7 heteroatoms. The number of phenolic OH excluding ortho intramolecular Hbond substituents is 1. The number of fused-ring (bicyclic) bond motifs is 1. The third kappa shape index (κ3) is 3.45. The van der Waals surface area contributed by atoms with Crippen LogP contribution in [0.5, 0.6) is 5.75 Å². The van der Waals surface area contributed by atoms with Crippen LogP contribution in [0, 0.1) is 5.82 Å². The zero-order valence-corrected chi connectivity index (χ0v) is 15.4. The van der Waals surface area contributed by atoms with E-state index < -0.39 is 17.3 Å². The third-order valence-electron chi connectivity index (χ3n) is 4.51. The lowest BCUT2D eigenvalue weighted by Crippen LogP contribution is -2.05. The summed E-state index contributed by atoms with van der Waals surface area (Å²) in [7, 11) is 0. The van der Waals surface area contributed by atoms with E-state index in [-0.39, 0.29) is 17.0 Å². The van der Waals surface area contributed by atoms with Crippen LogP contribution in [0.25, 0.3) is 22.2 Å². The van der Waals surface area contributed by atoms with E-state index in [4.69, 9.17) is 0 Å². The summed E-state index contributed by atoms with van der Waals surface area (Å²) in [6.45, 7) is 1.43. The van der Waals surface area contributed by atoms with E-state index in [0.717, 1.165) is 11.1 Å². The molecule has 1 amide bonds. The number of aromatic amines is 1. The number of carbonyl (C=O) groups excluding carboxylic acids is 2. The monoisotopic (exact) mass is 389 g/mol. The Morgan fingerprint density at radius 2 is 1.86 bits per heavy atom. The van der Waals surface area contributed by atoms with Crippen LogP contribution >= 0.6 is 0 Å². The van der Waals surface area contributed by atoms with E-state index in [1.165, 1.54) is 31.3 Å². The van der Waals surface area contributed by atoms with Crippen molar-refractivity contribution in [3.05, 3.63) is 77.9 Å². The Labute approximate surface area is 165 Å². The summed E-state index contributed by atoms with van der Waals surface area (Å²) in [6, 6.07) is 12.9. The minimum absolute atomic E-state index is 0.178. The molecule has 0 unspecified atom stereocenters. The normalized spacial score (nSPS) is 10.8. The molecule has 2 aromatic carbocycles. The van der Waals surface area contributed by atoms with Gasteiger partial charge in [-0.2, -0.15) is 0 Å². The highest BCUT2D eigenvalue weighted by Gasteiger charge is 2.20. The van der Waals surface area contributed by atoms with Crippen molar-refractivity contribution in [3.8, 4) is 16.9 Å². The molecule has 0 saturated carbocycles. The van der Waals surface area contributed by atoms with Gasteiger partial charge in [-0.3, -0.25) is 9.59 Å². The van der Waals surface area contributed by atoms with Gasteiger partial charge in [0.15, 0.2) is 17.3 Å². The van der Waals surface area contributed by atoms with Gasteiger partial charge in [0.25, 0.3) is 0 Å². The van der Waals surface area contributed by atoms with Crippen LogP contribution < -0.4 is 5.32 Å². The molecular weight excluding hydrogens is 373 g/mol. The number of halogens is 1. The molecule has 3 N–H and O–H groups in total. The fourth-order valence-electron chi connectivity index (χ4n) is 3.17. The zero-order chi connectivity index (χ0) is 20.5. The molecule has 0 aliphatic rings. The first kappa shape index (κ1) is 18.4. The van der Waals surface area contributed by atoms with Crippen LogP contribution in [0.2, 0.25) is 0 Å². The number of amides is 1. The third-order valence-corrected chi connectivity index (χ3v) is 4.51. The maximum atomic E-state index is 14.2. The Hall–Kier alpha value is -4.00. The molecule has 6 nitrogen and oxygen atoms in total. The Morgan fingerprint density at radius 3 is 2.66 bits per heavy atom. The minimum atomic E-state index is -0.959. The first-order valence-electron chi connectivity index (χ1n) is 8.81. The number of aromatic nitrogens is 2. The van der Waals surface area contributed by atoms with Crippen molar-refractivity contribution in [3.63, 3.8) is 0 Å². The molecule has 2 aromatic heterocycles. The maximum absolute atomic E-state index is 14.2. The lowest BCUT2D eigenvalue weighted by molar-refractivity contribution is -0.114. The molecular formula is C22H16FN3O3. The Morgan fingerprint density at radius 1 is 1.07 bits per heavy atom. The minimum Gasteiger partial charge on any atom is -0.505 e. The number of H-pyrrole nitrogens is 1. The average Bonchev–Trinajstić information content (AvgIpc) is 3.12. The van der Waals surface area contributed by atoms with Gasteiger partial charge < -0.3 is 15.4 Å². The Bertz CT molecular complexity index is 1260. The van der Waals surface area contributed by atoms with Gasteiger partial charge in [-0.05, 0) is 35.9 Å². The second kappa shape index (κ2) is 7.20. The summed E-state index contributed by atoms with van der Waals surface area (Å²) >= 11 is 0. The highest BCUT2D eigenvalue weighted by molar-refractivity contribution is 6.16. The van der Waals surface area contributed by atoms with Crippen LogP contribution in [0.1, 0.15) is 22.8 Å². The number of hydrogen-bond acceptors (Lipinski definition) is 4. The van der Waals surface area contributed by atoms with Gasteiger partial charge in [0.05, 0.1) is 5.56 Å². The van der Waals surface area contributed by atoms with Gasteiger partial charge in [-0.25, -0.2) is 9.37 Å². The van der Waals surface area contributed by atoms with Gasteiger partial charge in [0.2, 0.25) is 5.91 Å². The number of hydrogen-bond donors (Lipinski definition) is 3. The van der Waals surface area contributed by atoms with Crippen molar-refractivity contribution in [2.45, 2.75) is 6.92 Å². The molecule has 0 atom stereocenters. The van der Waals surface area contributed by atoms with Crippen molar-refractivity contribution in [1.29, 1.82) is 0 Å². The number of rotatable bonds is 4. The summed E-state index contributed by atoms with van der Waals surface area (Å²) in [6.07, 6.45) is 3.12. The maximum Gasteiger partial charge on any atom is 0.221 e. The predicted molar refractivity (Wildman–Crippen MR) is 107 cm³/mol. The Kier molecular flexibility index (Phi) is 4.56. The van der Waals surface area contributed by atoms with Crippen LogP contribution in [0.3, 0.4) is 0 Å². The highest BCUT2D eigenvalue weighted by Crippen LogP contribution is 2.29. The van der Waals surface area contributed by atoms with Crippen LogP contribution in [0.15, 0.2) is 60.9 Å². The first-order chi connectivity index (χ1) is 13.9. The number of benzene rings is 2. The summed E-state index contributed by atoms with van der Waals surface area (Å²) in [5.74, 6) is -2.28. The highest BCUT2D eigenvalue weighted by atomic mass is 19.1. The molecule has 2 heterocycles. The van der Waals surface area contributed by atoms with Crippen LogP contribution in [-0.4, -0.2) is 26.8 Å². The molecule has 144 valence electrons. The molecule has 4 aromatic rings. The molecule has 0 radical (unpaired) electrons. The largest absolute Gasteiger partial charge is 0.505 e. The number of carbonyl (C=O) groups is 2. The second-order valence-electron chi connectivity index (χ2n) is 6.55. The topological polar surface area (TPSA) is 95.1 Å². The first-order valence-corrected chi connectivity index (χ1v) is 8.81. The summed E-state index contributed by atoms with van der Waals surface area (Å²) < 4.78 is 14.2. The van der Waals surface area contributed by atoms with E-state index in [1.54, 1.807) is 30.5 Å². The summed E-state index contributed by atoms with van der Waals surface area (Å²) in [5.41, 5.74) is 2.68. The fourth-order valence-corrected chi connectivity index (χ4v) is 3.17. The zero-order valence-electron chi connectivity index (χ0n) is 15.4. The number of phenols is 1. The predicted octanol–water partition coefficient (Wildman–Crippen LogP) is 4.26. The fraction of sp³-hybridized carbons (Fsp3) is 0.0455. The van der Waals surface area contributed by atoms with Crippen LogP contribution in [0.4, 0.5) is 10.1 Å². The van der Waals surface area contributed by atoms with Gasteiger partial charge in [-0.1, -0.05) is 18.2 Å². The quantitative estimate of drug-likeness (QED) is 0.455. The SMILES string of the molecule is CC(=O)Nc1cccc(-c2cnc3[nH]cc(C(=O)c4cccc(O)c4F)c3c2)c1. The van der Waals surface area contributed by atoms with Gasteiger partial charge in [0.1, 0.15) is 5.65 Å². The molecule has 0 bridgehead atoms. The van der Waals surface area contributed by atoms with Gasteiger partial charge in [-0.15, -0.1) is 0 Å². The molecule has 0 saturated heterocycles. The molecule has 0 spiro atoms. The summed E-state index contributed by atoms with van der Waals surface area (Å²) in [5, 5.41) is 12.8. The smallest absolute Gasteiger partial charge is 0.221 e. The number of nitrogens with one attached hydrogen (secondary N) is 2. The Balaban J connectivity index is 1.78. The molecule has 0 aliphatic carbocycles. The number of anilines is 1. The van der Waals surface area contributed by atoms with E-state index >= 15 is 0 Å². The lowest BCUT2D eigenvalue weighted by atomic mass is 10.0. The number of ketones is 1. The average molecular weight is 389 g/mol. The van der Waals surface area contributed by atoms with Crippen molar-refractivity contribution >= 4 is 28.4 Å². The second-order valence-corrected chi connectivity index (χ2v) is 6.55. The molecule has 29 heavy (non-hydrogen) atoms. The summed E-state index contributed by atoms with van der Waals surface area (Å²) in [4.78, 5) is 31.4. The van der Waals surface area contributed by atoms with Gasteiger partial charge >= 0.3 is 0 Å². The van der Waals surface area contributed by atoms with E-state index in [2.05, 4.69) is 15.3 Å². The van der Waals surface area contributed by atoms with E-state index in [9.17, 15) is 19.1 Å². The molecule has 4 rings (SSSR count). The standard InChI is InChI=1S/C22H16FN3O3/c1-12(27)26-15-5-2-4-13(8-15)14-9-17-18(11-25-22(17)24-10-14)21(29)16-6-3-7-19(28)20(16)23/h2-11,28H,1H3,(H,24,25)(H,26,27). The van der Waals surface area contributed by atoms with Gasteiger partial charge in [0, 0.05) is 41.5 Å². The van der Waals surface area contributed by atoms with Crippen molar-refractivity contribution < 1.29 is 19.1 Å². The molecule has 0 aliphatic heterocycles. The number of pyridine rings is 1. The van der Waals surface area contributed by atoms with E-state index in [0.29, 0.717) is 16.7 Å². The number of nitrogens with zero attached hydrogens (tertiary/aromatic N) is 1. The van der Waals surface area contributed by atoms with Crippen LogP contribution in [-0.2, 0) is 4.79 Å². The number of aromatic hydroxyl groups is 1. The lowest BCUT2D eigenvalue weighted by Gasteiger charge is -2.07. The van der Waals surface area contributed by atoms with E-state index in [1.807, 2.05) is 6.07 Å². The molecule has 0 fully saturated rings. The van der Waals surface area contributed by atoms with Crippen molar-refractivity contribution in [2.24, 2.45) is 0 Å².